The van der Waals surface area contributed by atoms with Crippen LogP contribution in [0, 0.1) is 0 Å². The molecule has 166 valence electrons. The van der Waals surface area contributed by atoms with Gasteiger partial charge in [-0.1, -0.05) is 24.3 Å². The average Bonchev–Trinajstić information content (AvgIpc) is 2.69. The first-order valence-electron chi connectivity index (χ1n) is 10.1. The highest BCUT2D eigenvalue weighted by atomic mass is 127. The fraction of sp³-hybridized carbons (Fsp3) is 0.435. The zero-order chi connectivity index (χ0) is 21.2. The highest BCUT2D eigenvalue weighted by Gasteiger charge is 2.10. The quantitative estimate of drug-likeness (QED) is 0.263. The second-order valence-corrected chi connectivity index (χ2v) is 7.39. The van der Waals surface area contributed by atoms with Gasteiger partial charge in [-0.25, -0.2) is 4.99 Å². The number of nitrogens with zero attached hydrogens (tertiary/aromatic N) is 2. The second-order valence-electron chi connectivity index (χ2n) is 7.39. The van der Waals surface area contributed by atoms with Crippen molar-refractivity contribution in [3.05, 3.63) is 59.7 Å². The third-order valence-electron chi connectivity index (χ3n) is 4.29. The first kappa shape index (κ1) is 26.0. The van der Waals surface area contributed by atoms with Crippen LogP contribution in [0.15, 0.2) is 53.5 Å². The molecular formula is C23H35IN4O2. The summed E-state index contributed by atoms with van der Waals surface area (Å²) in [5.74, 6) is 1.44. The number of ether oxygens (including phenoxy) is 1. The van der Waals surface area contributed by atoms with Crippen molar-refractivity contribution in [3.8, 4) is 5.75 Å². The molecule has 0 saturated carbocycles. The van der Waals surface area contributed by atoms with Gasteiger partial charge in [-0.3, -0.25) is 0 Å². The topological polar surface area (TPSA) is 69.1 Å². The third kappa shape index (κ3) is 8.79. The molecule has 0 amide bonds. The van der Waals surface area contributed by atoms with Crippen LogP contribution < -0.4 is 20.3 Å². The molecule has 0 fully saturated rings. The van der Waals surface area contributed by atoms with Crippen molar-refractivity contribution in [1.29, 1.82) is 0 Å². The van der Waals surface area contributed by atoms with E-state index in [1.807, 2.05) is 59.1 Å². The van der Waals surface area contributed by atoms with Gasteiger partial charge in [0.05, 0.1) is 18.8 Å². The van der Waals surface area contributed by atoms with Crippen LogP contribution in [0.5, 0.6) is 5.75 Å². The number of hydrogen-bond acceptors (Lipinski definition) is 4. The van der Waals surface area contributed by atoms with Crippen LogP contribution in [0.25, 0.3) is 0 Å². The van der Waals surface area contributed by atoms with E-state index in [1.54, 1.807) is 0 Å². The summed E-state index contributed by atoms with van der Waals surface area (Å²) in [5.41, 5.74) is 3.10. The summed E-state index contributed by atoms with van der Waals surface area (Å²) < 4.78 is 5.71. The molecule has 2 aromatic rings. The van der Waals surface area contributed by atoms with Crippen LogP contribution in [0.3, 0.4) is 0 Å². The van der Waals surface area contributed by atoms with Crippen LogP contribution >= 0.6 is 24.0 Å². The lowest BCUT2D eigenvalue weighted by Gasteiger charge is -2.17. The molecular weight excluding hydrogens is 491 g/mol. The maximum atomic E-state index is 10.6. The van der Waals surface area contributed by atoms with Crippen molar-refractivity contribution in [2.75, 3.05) is 32.1 Å². The number of halogens is 1. The normalized spacial score (nSPS) is 12.2. The maximum Gasteiger partial charge on any atom is 0.191 e. The summed E-state index contributed by atoms with van der Waals surface area (Å²) in [6.45, 7) is 7.66. The first-order valence-corrected chi connectivity index (χ1v) is 10.1. The molecule has 0 aliphatic carbocycles. The van der Waals surface area contributed by atoms with Crippen molar-refractivity contribution < 1.29 is 9.84 Å². The van der Waals surface area contributed by atoms with E-state index in [0.29, 0.717) is 19.0 Å². The Morgan fingerprint density at radius 3 is 2.40 bits per heavy atom. The predicted octanol–water partition coefficient (Wildman–Crippen LogP) is 3.95. The summed E-state index contributed by atoms with van der Waals surface area (Å²) in [5, 5.41) is 17.0. The van der Waals surface area contributed by atoms with Gasteiger partial charge in [-0.05, 0) is 56.2 Å². The number of hydrogen-bond donors (Lipinski definition) is 3. The minimum atomic E-state index is -0.658. The van der Waals surface area contributed by atoms with E-state index in [1.165, 1.54) is 0 Å². The zero-order valence-electron chi connectivity index (χ0n) is 18.6. The summed E-state index contributed by atoms with van der Waals surface area (Å²) in [6.07, 6.45) is -0.561. The van der Waals surface area contributed by atoms with Gasteiger partial charge in [0.1, 0.15) is 5.75 Å². The van der Waals surface area contributed by atoms with Gasteiger partial charge in [0.2, 0.25) is 0 Å². The van der Waals surface area contributed by atoms with Gasteiger partial charge in [0, 0.05) is 32.9 Å². The number of anilines is 1. The molecule has 2 aromatic carbocycles. The molecule has 7 heteroatoms. The molecule has 3 N–H and O–H groups in total. The van der Waals surface area contributed by atoms with E-state index < -0.39 is 6.10 Å². The van der Waals surface area contributed by atoms with Crippen LogP contribution in [0.2, 0.25) is 0 Å². The van der Waals surface area contributed by atoms with Crippen LogP contribution in [-0.2, 0) is 6.54 Å². The molecule has 6 nitrogen and oxygen atoms in total. The van der Waals surface area contributed by atoms with Gasteiger partial charge < -0.3 is 25.4 Å². The fourth-order valence-corrected chi connectivity index (χ4v) is 2.79. The Morgan fingerprint density at radius 1 is 1.10 bits per heavy atom. The summed E-state index contributed by atoms with van der Waals surface area (Å²) in [4.78, 5) is 6.70. The Kier molecular flexibility index (Phi) is 11.6. The number of benzene rings is 2. The van der Waals surface area contributed by atoms with E-state index in [-0.39, 0.29) is 30.1 Å². The maximum absolute atomic E-state index is 10.6. The molecule has 0 bridgehead atoms. The highest BCUT2D eigenvalue weighted by molar-refractivity contribution is 14.0. The highest BCUT2D eigenvalue weighted by Crippen LogP contribution is 2.20. The largest absolute Gasteiger partial charge is 0.491 e. The molecule has 0 aromatic heterocycles. The lowest BCUT2D eigenvalue weighted by molar-refractivity contribution is 0.179. The second kappa shape index (κ2) is 13.3. The number of guanidine groups is 1. The lowest BCUT2D eigenvalue weighted by atomic mass is 10.1. The molecule has 30 heavy (non-hydrogen) atoms. The Labute approximate surface area is 197 Å². The Morgan fingerprint density at radius 2 is 1.80 bits per heavy atom. The summed E-state index contributed by atoms with van der Waals surface area (Å²) in [6, 6.07) is 15.9. The molecule has 0 aliphatic rings. The summed E-state index contributed by atoms with van der Waals surface area (Å²) >= 11 is 0. The van der Waals surface area contributed by atoms with Crippen molar-refractivity contribution in [2.24, 2.45) is 4.99 Å². The minimum absolute atomic E-state index is 0. The number of rotatable bonds is 9. The van der Waals surface area contributed by atoms with Gasteiger partial charge in [-0.15, -0.1) is 24.0 Å². The van der Waals surface area contributed by atoms with E-state index in [2.05, 4.69) is 44.8 Å². The Bertz CT molecular complexity index is 779. The molecule has 1 unspecified atom stereocenters. The van der Waals surface area contributed by atoms with E-state index in [9.17, 15) is 5.11 Å². The third-order valence-corrected chi connectivity index (χ3v) is 4.29. The smallest absolute Gasteiger partial charge is 0.191 e. The predicted molar refractivity (Wildman–Crippen MR) is 136 cm³/mol. The monoisotopic (exact) mass is 526 g/mol. The van der Waals surface area contributed by atoms with E-state index >= 15 is 0 Å². The molecule has 2 rings (SSSR count). The van der Waals surface area contributed by atoms with Gasteiger partial charge >= 0.3 is 0 Å². The van der Waals surface area contributed by atoms with Crippen molar-refractivity contribution in [2.45, 2.75) is 39.5 Å². The van der Waals surface area contributed by atoms with Crippen LogP contribution in [0.1, 0.15) is 38.0 Å². The van der Waals surface area contributed by atoms with Crippen LogP contribution in [0.4, 0.5) is 5.69 Å². The lowest BCUT2D eigenvalue weighted by Crippen LogP contribution is -2.39. The number of aliphatic imine (C=N–C) groups is 1. The molecule has 0 spiro atoms. The fourth-order valence-electron chi connectivity index (χ4n) is 2.79. The summed E-state index contributed by atoms with van der Waals surface area (Å²) in [7, 11) is 4.05. The van der Waals surface area contributed by atoms with E-state index in [4.69, 9.17) is 4.74 Å². The Hall–Kier alpha value is -2.00. The zero-order valence-corrected chi connectivity index (χ0v) is 20.9. The van der Waals surface area contributed by atoms with Crippen molar-refractivity contribution in [1.82, 2.24) is 10.6 Å². The van der Waals surface area contributed by atoms with Gasteiger partial charge in [-0.2, -0.15) is 0 Å². The first-order chi connectivity index (χ1) is 13.9. The molecule has 0 aliphatic heterocycles. The number of nitrogens with one attached hydrogen (secondary N) is 2. The van der Waals surface area contributed by atoms with Crippen LogP contribution in [-0.4, -0.2) is 44.4 Å². The van der Waals surface area contributed by atoms with Crippen molar-refractivity contribution in [3.63, 3.8) is 0 Å². The molecule has 0 radical (unpaired) electrons. The molecule has 0 heterocycles. The SMILES string of the molecule is CCNC(=NCc1ccc(N(C)C)cc1)NCC(O)c1cccc(OC(C)C)c1.I. The van der Waals surface area contributed by atoms with E-state index in [0.717, 1.165) is 29.1 Å². The standard InChI is InChI=1S/C23H34N4O2.HI/c1-6-24-23(25-15-18-10-12-20(13-11-18)27(4)5)26-16-22(28)19-8-7-9-21(14-19)29-17(2)3;/h7-14,17,22,28H,6,15-16H2,1-5H3,(H2,24,25,26);1H. The van der Waals surface area contributed by atoms with Crippen molar-refractivity contribution >= 4 is 35.6 Å². The average molecular weight is 526 g/mol. The van der Waals surface area contributed by atoms with Gasteiger partial charge in [0.25, 0.3) is 0 Å². The number of aliphatic hydroxyl groups excluding tert-OH is 1. The Balaban J connectivity index is 0.00000450. The van der Waals surface area contributed by atoms with Gasteiger partial charge in [0.15, 0.2) is 5.96 Å². The minimum Gasteiger partial charge on any atom is -0.491 e. The molecule has 1 atom stereocenters. The molecule has 0 saturated heterocycles. The number of aliphatic hydroxyl groups is 1.